The van der Waals surface area contributed by atoms with E-state index in [-0.39, 0.29) is 30.6 Å². The number of carbonyl (C=O) groups excluding carboxylic acids is 3. The molecule has 0 atom stereocenters. The van der Waals surface area contributed by atoms with E-state index in [2.05, 4.69) is 17.4 Å². The Morgan fingerprint density at radius 3 is 2.36 bits per heavy atom. The van der Waals surface area contributed by atoms with Crippen molar-refractivity contribution >= 4 is 23.5 Å². The van der Waals surface area contributed by atoms with Crippen LogP contribution in [0.5, 0.6) is 0 Å². The number of hydrogen-bond acceptors (Lipinski definition) is 4. The molecule has 1 aliphatic rings. The highest BCUT2D eigenvalue weighted by molar-refractivity contribution is 5.97. The fourth-order valence-electron chi connectivity index (χ4n) is 3.98. The zero-order valence-electron chi connectivity index (χ0n) is 19.3. The van der Waals surface area contributed by atoms with Gasteiger partial charge in [0.1, 0.15) is 0 Å². The predicted octanol–water partition coefficient (Wildman–Crippen LogP) is 4.99. The van der Waals surface area contributed by atoms with Gasteiger partial charge in [-0.3, -0.25) is 14.4 Å². The number of aryl methyl sites for hydroxylation is 1. The molecule has 0 saturated carbocycles. The molecule has 1 heterocycles. The first-order valence-corrected chi connectivity index (χ1v) is 12.0. The first kappa shape index (κ1) is 24.5. The van der Waals surface area contributed by atoms with E-state index in [4.69, 9.17) is 4.74 Å². The average molecular weight is 451 g/mol. The first-order valence-electron chi connectivity index (χ1n) is 12.0. The lowest BCUT2D eigenvalue weighted by Gasteiger charge is -2.20. The molecule has 0 unspecified atom stereocenters. The summed E-state index contributed by atoms with van der Waals surface area (Å²) < 4.78 is 5.26. The Morgan fingerprint density at radius 1 is 0.848 bits per heavy atom. The third kappa shape index (κ3) is 8.72. The Morgan fingerprint density at radius 2 is 1.61 bits per heavy atom. The van der Waals surface area contributed by atoms with Gasteiger partial charge in [0.15, 0.2) is 0 Å². The maximum atomic E-state index is 12.8. The zero-order valence-corrected chi connectivity index (χ0v) is 19.3. The lowest BCUT2D eigenvalue weighted by Crippen LogP contribution is -2.31. The molecule has 0 spiro atoms. The van der Waals surface area contributed by atoms with Crippen LogP contribution >= 0.6 is 0 Å². The number of likely N-dealkylation sites (tertiary alicyclic amines) is 1. The van der Waals surface area contributed by atoms with Crippen molar-refractivity contribution in [3.05, 3.63) is 65.7 Å². The molecule has 2 aromatic rings. The third-order valence-electron chi connectivity index (χ3n) is 5.79. The molecule has 6 heteroatoms. The largest absolute Gasteiger partial charge is 0.466 e. The number of nitrogens with one attached hydrogen (secondary N) is 1. The lowest BCUT2D eigenvalue weighted by atomic mass is 10.1. The number of ether oxygens (including phenoxy) is 1. The molecule has 6 nitrogen and oxygen atoms in total. The fourth-order valence-corrected chi connectivity index (χ4v) is 3.98. The molecule has 0 aliphatic carbocycles. The number of anilines is 1. The summed E-state index contributed by atoms with van der Waals surface area (Å²) in [5.74, 6) is -0.435. The van der Waals surface area contributed by atoms with Crippen LogP contribution in [0.2, 0.25) is 0 Å². The molecule has 33 heavy (non-hydrogen) atoms. The highest BCUT2D eigenvalue weighted by Gasteiger charge is 2.17. The first-order chi connectivity index (χ1) is 16.1. The van der Waals surface area contributed by atoms with E-state index in [1.165, 1.54) is 18.4 Å². The van der Waals surface area contributed by atoms with Crippen molar-refractivity contribution in [3.8, 4) is 0 Å². The SMILES string of the molecule is O=C(CCCC(=O)OCCCc1ccccc1)Nc1cccc(C(=O)N2CCCCCC2)c1. The third-order valence-corrected chi connectivity index (χ3v) is 5.79. The van der Waals surface area contributed by atoms with Crippen LogP contribution in [-0.2, 0) is 20.7 Å². The summed E-state index contributed by atoms with van der Waals surface area (Å²) in [5.41, 5.74) is 2.42. The molecular formula is C27H34N2O4. The molecule has 0 radical (unpaired) electrons. The van der Waals surface area contributed by atoms with E-state index in [1.807, 2.05) is 23.1 Å². The molecule has 0 aromatic heterocycles. The van der Waals surface area contributed by atoms with Crippen LogP contribution in [-0.4, -0.2) is 42.4 Å². The van der Waals surface area contributed by atoms with Crippen molar-refractivity contribution in [1.29, 1.82) is 0 Å². The number of hydrogen-bond donors (Lipinski definition) is 1. The maximum Gasteiger partial charge on any atom is 0.305 e. The van der Waals surface area contributed by atoms with Crippen LogP contribution in [0.25, 0.3) is 0 Å². The van der Waals surface area contributed by atoms with E-state index in [0.717, 1.165) is 38.8 Å². The van der Waals surface area contributed by atoms with Crippen LogP contribution in [0.15, 0.2) is 54.6 Å². The topological polar surface area (TPSA) is 75.7 Å². The Bertz CT molecular complexity index is 905. The van der Waals surface area contributed by atoms with Gasteiger partial charge in [-0.15, -0.1) is 0 Å². The second-order valence-electron chi connectivity index (χ2n) is 8.50. The lowest BCUT2D eigenvalue weighted by molar-refractivity contribution is -0.143. The Kier molecular flexibility index (Phi) is 9.95. The predicted molar refractivity (Wildman–Crippen MR) is 129 cm³/mol. The van der Waals surface area contributed by atoms with Crippen LogP contribution in [0.3, 0.4) is 0 Å². The fraction of sp³-hybridized carbons (Fsp3) is 0.444. The molecule has 1 aliphatic heterocycles. The van der Waals surface area contributed by atoms with Crippen LogP contribution in [0, 0.1) is 0 Å². The number of carbonyl (C=O) groups is 3. The van der Waals surface area contributed by atoms with Gasteiger partial charge in [-0.25, -0.2) is 0 Å². The maximum absolute atomic E-state index is 12.8. The molecule has 2 amide bonds. The van der Waals surface area contributed by atoms with Gasteiger partial charge >= 0.3 is 5.97 Å². The number of amides is 2. The van der Waals surface area contributed by atoms with Gasteiger partial charge in [0.05, 0.1) is 6.61 Å². The Hall–Kier alpha value is -3.15. The molecule has 0 bridgehead atoms. The van der Waals surface area contributed by atoms with E-state index in [9.17, 15) is 14.4 Å². The van der Waals surface area contributed by atoms with Gasteiger partial charge < -0.3 is 15.0 Å². The van der Waals surface area contributed by atoms with E-state index >= 15 is 0 Å². The monoisotopic (exact) mass is 450 g/mol. The highest BCUT2D eigenvalue weighted by atomic mass is 16.5. The molecular weight excluding hydrogens is 416 g/mol. The number of nitrogens with zero attached hydrogens (tertiary/aromatic N) is 1. The summed E-state index contributed by atoms with van der Waals surface area (Å²) in [5, 5.41) is 2.83. The van der Waals surface area contributed by atoms with Crippen LogP contribution < -0.4 is 5.32 Å². The second-order valence-corrected chi connectivity index (χ2v) is 8.50. The molecule has 3 rings (SSSR count). The standard InChI is InChI=1S/C27H34N2O4/c30-25(16-9-17-26(31)33-20-10-13-22-11-4-3-5-12-22)28-24-15-8-14-23(21-24)27(32)29-18-6-1-2-7-19-29/h3-5,8,11-12,14-15,21H,1-2,6-7,9-10,13,16-20H2,(H,28,30). The van der Waals surface area contributed by atoms with Gasteiger partial charge in [-0.2, -0.15) is 0 Å². The minimum absolute atomic E-state index is 0.0167. The van der Waals surface area contributed by atoms with E-state index in [0.29, 0.717) is 24.3 Å². The van der Waals surface area contributed by atoms with Crippen LogP contribution in [0.1, 0.15) is 67.3 Å². The van der Waals surface area contributed by atoms with Gasteiger partial charge in [0, 0.05) is 37.2 Å². The highest BCUT2D eigenvalue weighted by Crippen LogP contribution is 2.17. The normalized spacial score (nSPS) is 13.8. The minimum Gasteiger partial charge on any atom is -0.466 e. The van der Waals surface area contributed by atoms with Gasteiger partial charge in [-0.05, 0) is 55.9 Å². The number of esters is 1. The van der Waals surface area contributed by atoms with E-state index in [1.54, 1.807) is 24.3 Å². The average Bonchev–Trinajstić information content (AvgIpc) is 3.12. The quantitative estimate of drug-likeness (QED) is 0.409. The summed E-state index contributed by atoms with van der Waals surface area (Å²) in [4.78, 5) is 38.9. The van der Waals surface area contributed by atoms with Crippen LogP contribution in [0.4, 0.5) is 5.69 Å². The van der Waals surface area contributed by atoms with Crippen molar-refractivity contribution in [3.63, 3.8) is 0 Å². The summed E-state index contributed by atoms with van der Waals surface area (Å²) in [6.45, 7) is 1.97. The molecule has 176 valence electrons. The summed E-state index contributed by atoms with van der Waals surface area (Å²) in [6.07, 6.45) is 6.93. The molecule has 1 saturated heterocycles. The van der Waals surface area contributed by atoms with Crippen molar-refractivity contribution in [1.82, 2.24) is 4.90 Å². The number of rotatable bonds is 10. The molecule has 1 fully saturated rings. The van der Waals surface area contributed by atoms with Crippen molar-refractivity contribution in [2.24, 2.45) is 0 Å². The molecule has 1 N–H and O–H groups in total. The smallest absolute Gasteiger partial charge is 0.305 e. The number of benzene rings is 2. The zero-order chi connectivity index (χ0) is 23.3. The Balaban J connectivity index is 1.34. The minimum atomic E-state index is -0.277. The molecule has 2 aromatic carbocycles. The second kappa shape index (κ2) is 13.4. The van der Waals surface area contributed by atoms with E-state index < -0.39 is 0 Å². The van der Waals surface area contributed by atoms with Crippen molar-refractivity contribution in [2.45, 2.75) is 57.8 Å². The summed E-state index contributed by atoms with van der Waals surface area (Å²) in [6, 6.07) is 17.2. The van der Waals surface area contributed by atoms with Gasteiger partial charge in [0.25, 0.3) is 5.91 Å². The Labute approximate surface area is 196 Å². The summed E-state index contributed by atoms with van der Waals surface area (Å²) >= 11 is 0. The summed E-state index contributed by atoms with van der Waals surface area (Å²) in [7, 11) is 0. The van der Waals surface area contributed by atoms with Gasteiger partial charge in [0.2, 0.25) is 5.91 Å². The van der Waals surface area contributed by atoms with Crippen molar-refractivity contribution < 1.29 is 19.1 Å². The van der Waals surface area contributed by atoms with Gasteiger partial charge in [-0.1, -0.05) is 49.2 Å². The van der Waals surface area contributed by atoms with Crippen molar-refractivity contribution in [2.75, 3.05) is 25.0 Å².